The van der Waals surface area contributed by atoms with E-state index in [1.807, 2.05) is 25.1 Å². The highest BCUT2D eigenvalue weighted by Crippen LogP contribution is 2.36. The normalized spacial score (nSPS) is 17.3. The fourth-order valence-electron chi connectivity index (χ4n) is 4.18. The zero-order valence-electron chi connectivity index (χ0n) is 16.3. The highest BCUT2D eigenvalue weighted by molar-refractivity contribution is 5.82. The number of methoxy groups -OCH3 is 1. The third-order valence-electron chi connectivity index (χ3n) is 5.63. The van der Waals surface area contributed by atoms with E-state index in [9.17, 15) is 9.90 Å². The van der Waals surface area contributed by atoms with Crippen molar-refractivity contribution in [2.45, 2.75) is 38.8 Å². The molecule has 2 heterocycles. The van der Waals surface area contributed by atoms with Crippen LogP contribution < -0.4 is 10.4 Å². The molecule has 0 radical (unpaired) electrons. The van der Waals surface area contributed by atoms with Crippen LogP contribution in [0.5, 0.6) is 11.5 Å². The van der Waals surface area contributed by atoms with Gasteiger partial charge in [-0.2, -0.15) is 0 Å². The van der Waals surface area contributed by atoms with Gasteiger partial charge >= 0.3 is 5.63 Å². The van der Waals surface area contributed by atoms with Crippen LogP contribution in [0, 0.1) is 0 Å². The lowest BCUT2D eigenvalue weighted by Crippen LogP contribution is -2.23. The molecule has 5 nitrogen and oxygen atoms in total. The molecule has 146 valence electrons. The van der Waals surface area contributed by atoms with Crippen molar-refractivity contribution in [1.82, 2.24) is 4.90 Å². The number of hydrogen-bond acceptors (Lipinski definition) is 5. The van der Waals surface area contributed by atoms with Crippen LogP contribution in [0.15, 0.2) is 51.7 Å². The number of rotatable bonds is 5. The standard InChI is InChI=1S/C23H25NO4/c1-3-15-11-19-17(12-23(26)28-22(19)13-21(15)25)14-24-9-5-8-20(24)16-6-4-7-18(10-16)27-2/h4,6-7,10-13,20,25H,3,5,8-9,14H2,1-2H3/t20-/m1/s1. The maximum absolute atomic E-state index is 12.1. The molecular formula is C23H25NO4. The fourth-order valence-corrected chi connectivity index (χ4v) is 4.18. The summed E-state index contributed by atoms with van der Waals surface area (Å²) in [5.41, 5.74) is 3.08. The van der Waals surface area contributed by atoms with Crippen molar-refractivity contribution < 1.29 is 14.3 Å². The van der Waals surface area contributed by atoms with Crippen LogP contribution in [0.2, 0.25) is 0 Å². The molecule has 0 aliphatic carbocycles. The molecule has 0 amide bonds. The van der Waals surface area contributed by atoms with Gasteiger partial charge in [0.2, 0.25) is 0 Å². The van der Waals surface area contributed by atoms with Crippen LogP contribution >= 0.6 is 0 Å². The van der Waals surface area contributed by atoms with E-state index in [1.54, 1.807) is 19.2 Å². The number of aryl methyl sites for hydroxylation is 1. The van der Waals surface area contributed by atoms with Crippen molar-refractivity contribution in [1.29, 1.82) is 0 Å². The Labute approximate surface area is 164 Å². The molecule has 1 aromatic heterocycles. The Morgan fingerprint density at radius 3 is 2.86 bits per heavy atom. The topological polar surface area (TPSA) is 62.9 Å². The third-order valence-corrected chi connectivity index (χ3v) is 5.63. The van der Waals surface area contributed by atoms with Gasteiger partial charge < -0.3 is 14.3 Å². The van der Waals surface area contributed by atoms with Gasteiger partial charge in [0.15, 0.2) is 0 Å². The summed E-state index contributed by atoms with van der Waals surface area (Å²) in [5, 5.41) is 11.0. The summed E-state index contributed by atoms with van der Waals surface area (Å²) < 4.78 is 10.7. The van der Waals surface area contributed by atoms with Crippen LogP contribution in [0.4, 0.5) is 0 Å². The molecule has 0 bridgehead atoms. The number of phenols is 1. The number of fused-ring (bicyclic) bond motifs is 1. The molecule has 1 saturated heterocycles. The molecule has 28 heavy (non-hydrogen) atoms. The highest BCUT2D eigenvalue weighted by Gasteiger charge is 2.27. The van der Waals surface area contributed by atoms with Crippen molar-refractivity contribution in [3.05, 3.63) is 69.6 Å². The maximum Gasteiger partial charge on any atom is 0.336 e. The van der Waals surface area contributed by atoms with Crippen molar-refractivity contribution in [2.24, 2.45) is 0 Å². The summed E-state index contributed by atoms with van der Waals surface area (Å²) in [6.45, 7) is 3.64. The van der Waals surface area contributed by atoms with E-state index in [2.05, 4.69) is 17.0 Å². The molecule has 5 heteroatoms. The van der Waals surface area contributed by atoms with Crippen molar-refractivity contribution in [2.75, 3.05) is 13.7 Å². The second-order valence-electron chi connectivity index (χ2n) is 7.33. The predicted octanol–water partition coefficient (Wildman–Crippen LogP) is 4.41. The van der Waals surface area contributed by atoms with E-state index in [1.165, 1.54) is 5.56 Å². The number of aromatic hydroxyl groups is 1. The lowest BCUT2D eigenvalue weighted by atomic mass is 10.0. The Kier molecular flexibility index (Phi) is 5.09. The van der Waals surface area contributed by atoms with Crippen molar-refractivity contribution in [3.63, 3.8) is 0 Å². The van der Waals surface area contributed by atoms with Crippen molar-refractivity contribution >= 4 is 11.0 Å². The Balaban J connectivity index is 1.71. The van der Waals surface area contributed by atoms with Crippen LogP contribution in [-0.4, -0.2) is 23.7 Å². The molecule has 0 saturated carbocycles. The van der Waals surface area contributed by atoms with E-state index in [0.29, 0.717) is 18.2 Å². The van der Waals surface area contributed by atoms with E-state index < -0.39 is 0 Å². The van der Waals surface area contributed by atoms with E-state index in [4.69, 9.17) is 9.15 Å². The first-order valence-electron chi connectivity index (χ1n) is 9.75. The monoisotopic (exact) mass is 379 g/mol. The average molecular weight is 379 g/mol. The molecule has 0 spiro atoms. The predicted molar refractivity (Wildman–Crippen MR) is 109 cm³/mol. The van der Waals surface area contributed by atoms with Crippen LogP contribution in [0.1, 0.15) is 42.5 Å². The second kappa shape index (κ2) is 7.68. The molecule has 1 aliphatic heterocycles. The SMILES string of the molecule is CCc1cc2c(CN3CCC[C@@H]3c3cccc(OC)c3)cc(=O)oc2cc1O. The summed E-state index contributed by atoms with van der Waals surface area (Å²) in [6.07, 6.45) is 2.91. The first-order chi connectivity index (χ1) is 13.6. The quantitative estimate of drug-likeness (QED) is 0.666. The van der Waals surface area contributed by atoms with E-state index >= 15 is 0 Å². The van der Waals surface area contributed by atoms with Gasteiger partial charge in [-0.25, -0.2) is 4.79 Å². The van der Waals surface area contributed by atoms with Gasteiger partial charge in [-0.05, 0) is 60.7 Å². The summed E-state index contributed by atoms with van der Waals surface area (Å²) in [5.74, 6) is 1.03. The van der Waals surface area contributed by atoms with Gasteiger partial charge in [-0.3, -0.25) is 4.90 Å². The maximum atomic E-state index is 12.1. The van der Waals surface area contributed by atoms with Gasteiger partial charge in [-0.1, -0.05) is 19.1 Å². The van der Waals surface area contributed by atoms with Gasteiger partial charge in [0.1, 0.15) is 17.1 Å². The Morgan fingerprint density at radius 2 is 2.07 bits per heavy atom. The van der Waals surface area contributed by atoms with Crippen LogP contribution in [0.3, 0.4) is 0 Å². The van der Waals surface area contributed by atoms with Crippen LogP contribution in [-0.2, 0) is 13.0 Å². The van der Waals surface area contributed by atoms with Gasteiger partial charge in [0.05, 0.1) is 7.11 Å². The number of benzene rings is 2. The lowest BCUT2D eigenvalue weighted by Gasteiger charge is -2.25. The minimum atomic E-state index is -0.386. The summed E-state index contributed by atoms with van der Waals surface area (Å²) >= 11 is 0. The smallest absolute Gasteiger partial charge is 0.336 e. The molecule has 1 N–H and O–H groups in total. The first kappa shape index (κ1) is 18.6. The summed E-state index contributed by atoms with van der Waals surface area (Å²) in [7, 11) is 1.68. The molecule has 2 aromatic carbocycles. The molecule has 1 fully saturated rings. The number of phenolic OH excluding ortho intramolecular Hbond substituents is 1. The Hall–Kier alpha value is -2.79. The minimum absolute atomic E-state index is 0.172. The Bertz CT molecular complexity index is 1060. The number of likely N-dealkylation sites (tertiary alicyclic amines) is 1. The van der Waals surface area contributed by atoms with Crippen molar-refractivity contribution in [3.8, 4) is 11.5 Å². The number of hydrogen-bond donors (Lipinski definition) is 1. The summed E-state index contributed by atoms with van der Waals surface area (Å²) in [6, 6.07) is 13.6. The van der Waals surface area contributed by atoms with Gasteiger partial charge in [0.25, 0.3) is 0 Å². The molecule has 1 aliphatic rings. The zero-order valence-corrected chi connectivity index (χ0v) is 16.3. The molecule has 0 unspecified atom stereocenters. The number of ether oxygens (including phenoxy) is 1. The lowest BCUT2D eigenvalue weighted by molar-refractivity contribution is 0.248. The van der Waals surface area contributed by atoms with E-state index in [-0.39, 0.29) is 11.4 Å². The number of nitrogens with zero attached hydrogens (tertiary/aromatic N) is 1. The van der Waals surface area contributed by atoms with Crippen LogP contribution in [0.25, 0.3) is 11.0 Å². The van der Waals surface area contributed by atoms with Gasteiger partial charge in [-0.15, -0.1) is 0 Å². The second-order valence-corrected chi connectivity index (χ2v) is 7.33. The molecule has 3 aromatic rings. The third kappa shape index (κ3) is 3.50. The first-order valence-corrected chi connectivity index (χ1v) is 9.75. The largest absolute Gasteiger partial charge is 0.508 e. The average Bonchev–Trinajstić information content (AvgIpc) is 3.15. The Morgan fingerprint density at radius 1 is 1.21 bits per heavy atom. The minimum Gasteiger partial charge on any atom is -0.508 e. The van der Waals surface area contributed by atoms with E-state index in [0.717, 1.165) is 48.1 Å². The van der Waals surface area contributed by atoms with Gasteiger partial charge in [0, 0.05) is 30.1 Å². The molecule has 4 rings (SSSR count). The summed E-state index contributed by atoms with van der Waals surface area (Å²) in [4.78, 5) is 14.5. The zero-order chi connectivity index (χ0) is 19.7. The highest BCUT2D eigenvalue weighted by atomic mass is 16.5. The fraction of sp³-hybridized carbons (Fsp3) is 0.348. The molecular weight excluding hydrogens is 354 g/mol. The molecule has 1 atom stereocenters.